The van der Waals surface area contributed by atoms with Crippen molar-refractivity contribution in [3.05, 3.63) is 12.1 Å². The van der Waals surface area contributed by atoms with Gasteiger partial charge in [-0.25, -0.2) is 0 Å². The van der Waals surface area contributed by atoms with Gasteiger partial charge in [-0.05, 0) is 6.07 Å². The summed E-state index contributed by atoms with van der Waals surface area (Å²) in [7, 11) is 1.43. The standard InChI is InChI=1S/C8H8O4.BrH.Mg/c1-10-7-5(9)2-3-6-8(7)12-4-11-6;;/h2-3,9H,4H2,1H3;1H;/q;;+2/p-2. The Kier molecular flexibility index (Phi) is 5.39. The molecule has 0 amide bonds. The van der Waals surface area contributed by atoms with Crippen LogP contribution in [0.3, 0.4) is 0 Å². The van der Waals surface area contributed by atoms with Crippen molar-refractivity contribution in [2.45, 2.75) is 0 Å². The van der Waals surface area contributed by atoms with E-state index >= 15 is 0 Å². The summed E-state index contributed by atoms with van der Waals surface area (Å²) in [5.41, 5.74) is 0. The van der Waals surface area contributed by atoms with Gasteiger partial charge in [-0.1, -0.05) is 11.8 Å². The molecule has 0 radical (unpaired) electrons. The van der Waals surface area contributed by atoms with Crippen LogP contribution in [0.2, 0.25) is 0 Å². The minimum absolute atomic E-state index is 0. The fourth-order valence-electron chi connectivity index (χ4n) is 1.12. The summed E-state index contributed by atoms with van der Waals surface area (Å²) in [4.78, 5) is 0. The Balaban J connectivity index is 0.000000845. The first kappa shape index (κ1) is 13.7. The minimum atomic E-state index is -0.193. The molecule has 14 heavy (non-hydrogen) atoms. The molecule has 0 saturated heterocycles. The van der Waals surface area contributed by atoms with Gasteiger partial charge in [0.25, 0.3) is 0 Å². The number of halogens is 1. The predicted octanol–water partition coefficient (Wildman–Crippen LogP) is -2.88. The number of methoxy groups -OCH3 is 1. The zero-order chi connectivity index (χ0) is 8.55. The van der Waals surface area contributed by atoms with Crippen molar-refractivity contribution in [3.8, 4) is 23.0 Å². The molecule has 0 saturated carbocycles. The summed E-state index contributed by atoms with van der Waals surface area (Å²) >= 11 is 0. The van der Waals surface area contributed by atoms with Crippen LogP contribution >= 0.6 is 0 Å². The van der Waals surface area contributed by atoms with Crippen molar-refractivity contribution >= 4 is 23.1 Å². The van der Waals surface area contributed by atoms with Gasteiger partial charge in [-0.15, -0.1) is 0 Å². The largest absolute Gasteiger partial charge is 2.00 e. The molecular weight excluding hydrogens is 264 g/mol. The van der Waals surface area contributed by atoms with Crippen molar-refractivity contribution in [3.63, 3.8) is 0 Å². The van der Waals surface area contributed by atoms with Crippen LogP contribution in [0.1, 0.15) is 0 Å². The average Bonchev–Trinajstić information content (AvgIpc) is 2.52. The Morgan fingerprint density at radius 1 is 1.36 bits per heavy atom. The SMILES string of the molecule is COc1c([O-])ccc2c1OCO2.[Br-].[Mg+2]. The molecular formula is C8H7BrMgO4. The Labute approximate surface area is 108 Å². The number of benzene rings is 1. The van der Waals surface area contributed by atoms with Gasteiger partial charge in [0.1, 0.15) is 0 Å². The zero-order valence-corrected chi connectivity index (χ0v) is 10.6. The molecule has 0 aliphatic carbocycles. The van der Waals surface area contributed by atoms with Gasteiger partial charge in [0.05, 0.1) is 7.11 Å². The molecule has 1 heterocycles. The first-order valence-electron chi connectivity index (χ1n) is 3.46. The van der Waals surface area contributed by atoms with E-state index in [2.05, 4.69) is 0 Å². The van der Waals surface area contributed by atoms with Gasteiger partial charge in [0.15, 0.2) is 11.5 Å². The monoisotopic (exact) mass is 270 g/mol. The topological polar surface area (TPSA) is 50.8 Å². The summed E-state index contributed by atoms with van der Waals surface area (Å²) in [5.74, 6) is 0.989. The molecule has 1 aliphatic rings. The van der Waals surface area contributed by atoms with Gasteiger partial charge in [-0.2, -0.15) is 0 Å². The molecule has 0 N–H and O–H groups in total. The maximum Gasteiger partial charge on any atom is 2.00 e. The summed E-state index contributed by atoms with van der Waals surface area (Å²) < 4.78 is 15.0. The van der Waals surface area contributed by atoms with Crippen LogP contribution in [0.15, 0.2) is 12.1 Å². The third kappa shape index (κ3) is 2.18. The van der Waals surface area contributed by atoms with E-state index in [1.54, 1.807) is 6.07 Å². The van der Waals surface area contributed by atoms with Gasteiger partial charge in [0.2, 0.25) is 12.5 Å². The average molecular weight is 271 g/mol. The molecule has 0 fully saturated rings. The molecule has 1 aromatic carbocycles. The summed E-state index contributed by atoms with van der Waals surface area (Å²) in [6.07, 6.45) is 0. The van der Waals surface area contributed by atoms with Crippen molar-refractivity contribution in [1.82, 2.24) is 0 Å². The van der Waals surface area contributed by atoms with Crippen molar-refractivity contribution < 1.29 is 36.3 Å². The molecule has 4 nitrogen and oxygen atoms in total. The normalized spacial score (nSPS) is 11.2. The maximum atomic E-state index is 11.1. The van der Waals surface area contributed by atoms with Crippen LogP contribution in [0.5, 0.6) is 23.0 Å². The van der Waals surface area contributed by atoms with Crippen LogP contribution in [0, 0.1) is 0 Å². The molecule has 6 heteroatoms. The molecule has 2 rings (SSSR count). The Hall–Kier alpha value is -0.334. The van der Waals surface area contributed by atoms with Gasteiger partial charge >= 0.3 is 23.1 Å². The number of hydrogen-bond donors (Lipinski definition) is 0. The van der Waals surface area contributed by atoms with E-state index in [0.717, 1.165) is 0 Å². The molecule has 0 spiro atoms. The Morgan fingerprint density at radius 3 is 2.71 bits per heavy atom. The zero-order valence-electron chi connectivity index (χ0n) is 7.58. The molecule has 0 bridgehead atoms. The number of hydrogen-bond acceptors (Lipinski definition) is 4. The minimum Gasteiger partial charge on any atom is -1.00 e. The van der Waals surface area contributed by atoms with Crippen LogP contribution in [-0.2, 0) is 0 Å². The predicted molar refractivity (Wildman–Crippen MR) is 44.3 cm³/mol. The summed E-state index contributed by atoms with van der Waals surface area (Å²) in [6.45, 7) is 0.148. The summed E-state index contributed by atoms with van der Waals surface area (Å²) in [5, 5.41) is 11.1. The van der Waals surface area contributed by atoms with Gasteiger partial charge in [0, 0.05) is 0 Å². The van der Waals surface area contributed by atoms with Gasteiger partial charge < -0.3 is 36.3 Å². The van der Waals surface area contributed by atoms with Crippen molar-refractivity contribution in [2.24, 2.45) is 0 Å². The smallest absolute Gasteiger partial charge is 1.00 e. The molecule has 1 aliphatic heterocycles. The number of rotatable bonds is 1. The van der Waals surface area contributed by atoms with Crippen LogP contribution in [0.4, 0.5) is 0 Å². The quantitative estimate of drug-likeness (QED) is 0.515. The number of fused-ring (bicyclic) bond motifs is 1. The van der Waals surface area contributed by atoms with E-state index < -0.39 is 0 Å². The Bertz CT molecular complexity index is 318. The van der Waals surface area contributed by atoms with E-state index in [0.29, 0.717) is 11.5 Å². The molecule has 72 valence electrons. The first-order chi connectivity index (χ1) is 5.83. The van der Waals surface area contributed by atoms with Crippen LogP contribution in [0.25, 0.3) is 0 Å². The maximum absolute atomic E-state index is 11.1. The second-order valence-electron chi connectivity index (χ2n) is 2.33. The molecule has 1 aromatic rings. The first-order valence-corrected chi connectivity index (χ1v) is 3.46. The number of ether oxygens (including phenoxy) is 3. The summed E-state index contributed by atoms with van der Waals surface area (Å²) in [6, 6.07) is 2.97. The van der Waals surface area contributed by atoms with E-state index in [4.69, 9.17) is 14.2 Å². The van der Waals surface area contributed by atoms with E-state index in [-0.39, 0.29) is 58.3 Å². The van der Waals surface area contributed by atoms with E-state index in [1.807, 2.05) is 0 Å². The van der Waals surface area contributed by atoms with E-state index in [9.17, 15) is 5.11 Å². The second-order valence-corrected chi connectivity index (χ2v) is 2.33. The van der Waals surface area contributed by atoms with Crippen molar-refractivity contribution in [2.75, 3.05) is 13.9 Å². The molecule has 0 aromatic heterocycles. The third-order valence-corrected chi connectivity index (χ3v) is 1.66. The van der Waals surface area contributed by atoms with Gasteiger partial charge in [-0.3, -0.25) is 0 Å². The third-order valence-electron chi connectivity index (χ3n) is 1.66. The second kappa shape index (κ2) is 5.52. The fraction of sp³-hybridized carbons (Fsp3) is 0.250. The van der Waals surface area contributed by atoms with E-state index in [1.165, 1.54) is 13.2 Å². The molecule has 0 unspecified atom stereocenters. The Morgan fingerprint density at radius 2 is 2.07 bits per heavy atom. The molecule has 0 atom stereocenters. The van der Waals surface area contributed by atoms with Crippen LogP contribution in [-0.4, -0.2) is 37.0 Å². The van der Waals surface area contributed by atoms with Crippen molar-refractivity contribution in [1.29, 1.82) is 0 Å². The van der Waals surface area contributed by atoms with Crippen LogP contribution < -0.4 is 36.3 Å². The fourth-order valence-corrected chi connectivity index (χ4v) is 1.12.